The number of aldehydes is 1. The number of hydrogen-bond donors (Lipinski definition) is 1. The van der Waals surface area contributed by atoms with Gasteiger partial charge in [0.1, 0.15) is 30.6 Å². The molecular weight excluding hydrogens is 666 g/mol. The summed E-state index contributed by atoms with van der Waals surface area (Å²) < 4.78 is 17.2. The second kappa shape index (κ2) is 22.2. The third-order valence-electron chi connectivity index (χ3n) is 8.18. The Kier molecular flexibility index (Phi) is 18.5. The van der Waals surface area contributed by atoms with Gasteiger partial charge in [0.05, 0.1) is 0 Å². The Morgan fingerprint density at radius 3 is 1.89 bits per heavy atom. The van der Waals surface area contributed by atoms with Gasteiger partial charge in [0.25, 0.3) is 0 Å². The summed E-state index contributed by atoms with van der Waals surface area (Å²) in [7, 11) is 0. The van der Waals surface area contributed by atoms with E-state index in [4.69, 9.17) is 14.2 Å². The van der Waals surface area contributed by atoms with E-state index in [1.54, 1.807) is 39.0 Å². The Hall–Kier alpha value is -4.98. The fourth-order valence-corrected chi connectivity index (χ4v) is 5.78. The summed E-state index contributed by atoms with van der Waals surface area (Å²) >= 11 is 0. The number of alkyl carbamates (subject to hydrolysis) is 1. The fraction of sp³-hybridized carbons (Fsp3) is 0.422. The molecule has 0 fully saturated rings. The van der Waals surface area contributed by atoms with Crippen molar-refractivity contribution in [1.29, 1.82) is 0 Å². The minimum absolute atomic E-state index is 0.0728. The zero-order valence-electron chi connectivity index (χ0n) is 33.2. The number of amides is 1. The maximum Gasteiger partial charge on any atom is 0.407 e. The molecule has 3 aromatic rings. The molecule has 286 valence electrons. The SMILES string of the molecule is CC.CC.CC(C)C[C@H](NC(=O)OCC1c2ccccc2-c2ccccc21)C(=O)O[C@@H](C/C=C/C(=O)OC(C)(C)C)[C@H](C)/C=C/c1ccc(C=O)cc1. The normalized spacial score (nSPS) is 13.7. The van der Waals surface area contributed by atoms with Crippen LogP contribution in [0.1, 0.15) is 115 Å². The van der Waals surface area contributed by atoms with Crippen LogP contribution in [-0.2, 0) is 23.8 Å². The largest absolute Gasteiger partial charge is 0.460 e. The number of nitrogens with one attached hydrogen (secondary N) is 1. The predicted molar refractivity (Wildman–Crippen MR) is 214 cm³/mol. The summed E-state index contributed by atoms with van der Waals surface area (Å²) in [4.78, 5) is 50.2. The zero-order valence-corrected chi connectivity index (χ0v) is 33.2. The van der Waals surface area contributed by atoms with Crippen LogP contribution in [0.3, 0.4) is 0 Å². The highest BCUT2D eigenvalue weighted by Crippen LogP contribution is 2.44. The molecule has 0 unspecified atom stereocenters. The van der Waals surface area contributed by atoms with Gasteiger partial charge < -0.3 is 19.5 Å². The molecule has 0 spiro atoms. The number of benzene rings is 3. The molecule has 0 heterocycles. The molecular formula is C45H59NO7. The van der Waals surface area contributed by atoms with E-state index >= 15 is 0 Å². The first-order chi connectivity index (χ1) is 25.3. The van der Waals surface area contributed by atoms with Crippen LogP contribution in [0.15, 0.2) is 91.0 Å². The van der Waals surface area contributed by atoms with Gasteiger partial charge in [0.2, 0.25) is 0 Å². The van der Waals surface area contributed by atoms with Gasteiger partial charge >= 0.3 is 18.0 Å². The highest BCUT2D eigenvalue weighted by Gasteiger charge is 2.31. The first-order valence-corrected chi connectivity index (χ1v) is 18.8. The Labute approximate surface area is 317 Å². The predicted octanol–water partition coefficient (Wildman–Crippen LogP) is 10.4. The van der Waals surface area contributed by atoms with E-state index in [2.05, 4.69) is 17.4 Å². The molecule has 1 aliphatic rings. The van der Waals surface area contributed by atoms with Gasteiger partial charge in [-0.15, -0.1) is 0 Å². The summed E-state index contributed by atoms with van der Waals surface area (Å²) in [6.45, 7) is 19.3. The minimum atomic E-state index is -0.944. The molecule has 1 N–H and O–H groups in total. The van der Waals surface area contributed by atoms with Crippen molar-refractivity contribution >= 4 is 30.4 Å². The van der Waals surface area contributed by atoms with Gasteiger partial charge in [0.15, 0.2) is 0 Å². The quantitative estimate of drug-likeness (QED) is 0.0763. The Morgan fingerprint density at radius 1 is 0.811 bits per heavy atom. The Morgan fingerprint density at radius 2 is 1.36 bits per heavy atom. The van der Waals surface area contributed by atoms with Crippen molar-refractivity contribution in [3.63, 3.8) is 0 Å². The highest BCUT2D eigenvalue weighted by molar-refractivity contribution is 5.83. The molecule has 3 aromatic carbocycles. The van der Waals surface area contributed by atoms with Gasteiger partial charge in [0, 0.05) is 29.9 Å². The van der Waals surface area contributed by atoms with Crippen LogP contribution in [0.5, 0.6) is 0 Å². The van der Waals surface area contributed by atoms with Crippen molar-refractivity contribution in [2.24, 2.45) is 11.8 Å². The van der Waals surface area contributed by atoms with Gasteiger partial charge in [-0.2, -0.15) is 0 Å². The molecule has 0 aromatic heterocycles. The minimum Gasteiger partial charge on any atom is -0.460 e. The van der Waals surface area contributed by atoms with Crippen molar-refractivity contribution in [1.82, 2.24) is 5.32 Å². The van der Waals surface area contributed by atoms with Gasteiger partial charge in [-0.3, -0.25) is 4.79 Å². The van der Waals surface area contributed by atoms with Crippen molar-refractivity contribution in [3.05, 3.63) is 113 Å². The molecule has 1 aliphatic carbocycles. The van der Waals surface area contributed by atoms with E-state index in [9.17, 15) is 19.2 Å². The number of carbonyl (C=O) groups is 4. The molecule has 0 bridgehead atoms. The molecule has 53 heavy (non-hydrogen) atoms. The van der Waals surface area contributed by atoms with Crippen LogP contribution in [0.4, 0.5) is 4.79 Å². The van der Waals surface area contributed by atoms with E-state index in [1.165, 1.54) is 6.08 Å². The second-order valence-corrected chi connectivity index (χ2v) is 13.8. The van der Waals surface area contributed by atoms with Crippen molar-refractivity contribution in [2.45, 2.75) is 106 Å². The number of fused-ring (bicyclic) bond motifs is 3. The smallest absolute Gasteiger partial charge is 0.407 e. The Balaban J connectivity index is 0.00000235. The number of rotatable bonds is 14. The lowest BCUT2D eigenvalue weighted by atomic mass is 9.98. The van der Waals surface area contributed by atoms with Crippen molar-refractivity contribution < 1.29 is 33.4 Å². The number of carbonyl (C=O) groups excluding carboxylic acids is 4. The number of hydrogen-bond acceptors (Lipinski definition) is 7. The average molecular weight is 726 g/mol. The van der Waals surface area contributed by atoms with E-state index < -0.39 is 35.8 Å². The topological polar surface area (TPSA) is 108 Å². The van der Waals surface area contributed by atoms with Crippen LogP contribution in [0, 0.1) is 11.8 Å². The lowest BCUT2D eigenvalue weighted by molar-refractivity contribution is -0.153. The average Bonchev–Trinajstić information content (AvgIpc) is 3.46. The van der Waals surface area contributed by atoms with Crippen LogP contribution < -0.4 is 5.32 Å². The zero-order chi connectivity index (χ0) is 39.6. The van der Waals surface area contributed by atoms with Crippen LogP contribution >= 0.6 is 0 Å². The number of ether oxygens (including phenoxy) is 3. The van der Waals surface area contributed by atoms with E-state index in [0.717, 1.165) is 34.1 Å². The monoisotopic (exact) mass is 725 g/mol. The second-order valence-electron chi connectivity index (χ2n) is 13.8. The molecule has 0 saturated heterocycles. The van der Waals surface area contributed by atoms with E-state index in [0.29, 0.717) is 12.0 Å². The molecule has 1 amide bonds. The fourth-order valence-electron chi connectivity index (χ4n) is 5.78. The van der Waals surface area contributed by atoms with Gasteiger partial charge in [-0.25, -0.2) is 14.4 Å². The molecule has 8 nitrogen and oxygen atoms in total. The molecule has 0 radical (unpaired) electrons. The van der Waals surface area contributed by atoms with Gasteiger partial charge in [-0.05, 0) is 60.9 Å². The van der Waals surface area contributed by atoms with E-state index in [-0.39, 0.29) is 30.8 Å². The number of esters is 2. The third kappa shape index (κ3) is 14.2. The molecule has 0 saturated carbocycles. The third-order valence-corrected chi connectivity index (χ3v) is 8.18. The molecule has 3 atom stereocenters. The summed E-state index contributed by atoms with van der Waals surface area (Å²) in [5, 5.41) is 2.76. The maximum absolute atomic E-state index is 13.7. The molecule has 4 rings (SSSR count). The maximum atomic E-state index is 13.7. The van der Waals surface area contributed by atoms with Crippen LogP contribution in [0.2, 0.25) is 0 Å². The summed E-state index contributed by atoms with van der Waals surface area (Å²) in [6, 6.07) is 22.4. The lowest BCUT2D eigenvalue weighted by Gasteiger charge is -2.26. The summed E-state index contributed by atoms with van der Waals surface area (Å²) in [5.41, 5.74) is 5.25. The van der Waals surface area contributed by atoms with Crippen LogP contribution in [0.25, 0.3) is 17.2 Å². The first kappa shape index (κ1) is 44.2. The Bertz CT molecular complexity index is 1620. The standard InChI is InChI=1S/C41H47NO7.2C2H6/c1-27(2)24-36(42-40(46)47-26-35-33-14-9-7-12-31(33)32-13-8-10-15-34(32)35)39(45)48-37(16-11-17-38(44)49-41(4,5)6)28(3)18-19-29-20-22-30(25-43)23-21-29;2*1-2/h7-15,17-23,25,27-28,35-37H,16,24,26H2,1-6H3,(H,42,46);2*1-2H3/b17-11+,19-18+;;/t28-,36+,37+;;/m1../s1. The lowest BCUT2D eigenvalue weighted by Crippen LogP contribution is -2.44. The van der Waals surface area contributed by atoms with Crippen molar-refractivity contribution in [3.8, 4) is 11.1 Å². The first-order valence-electron chi connectivity index (χ1n) is 18.8. The van der Waals surface area contributed by atoms with Crippen LogP contribution in [-0.4, -0.2) is 48.7 Å². The van der Waals surface area contributed by atoms with Crippen molar-refractivity contribution in [2.75, 3.05) is 6.61 Å². The summed E-state index contributed by atoms with van der Waals surface area (Å²) in [6.07, 6.45) is 6.77. The highest BCUT2D eigenvalue weighted by atomic mass is 16.6. The molecule has 0 aliphatic heterocycles. The molecule has 8 heteroatoms. The van der Waals surface area contributed by atoms with Gasteiger partial charge in [-0.1, -0.05) is 139 Å². The van der Waals surface area contributed by atoms with E-state index in [1.807, 2.05) is 109 Å². The summed E-state index contributed by atoms with van der Waals surface area (Å²) in [5.74, 6) is -1.40.